The maximum atomic E-state index is 14.2. The number of nitrogens with zero attached hydrogens (tertiary/aromatic N) is 2. The van der Waals surface area contributed by atoms with E-state index < -0.39 is 13.7 Å². The van der Waals surface area contributed by atoms with Crippen LogP contribution >= 0.6 is 0 Å². The highest BCUT2D eigenvalue weighted by atomic mass is 28.3. The molecule has 0 atom stereocenters. The molecule has 0 fully saturated rings. The van der Waals surface area contributed by atoms with E-state index >= 15 is 0 Å². The van der Waals surface area contributed by atoms with Crippen molar-refractivity contribution in [3.8, 4) is 5.75 Å². The topological polar surface area (TPSA) is 36.3 Å². The van der Waals surface area contributed by atoms with Gasteiger partial charge >= 0.3 is 0 Å². The predicted octanol–water partition coefficient (Wildman–Crippen LogP) is 5.23. The second-order valence-electron chi connectivity index (χ2n) is 8.64. The van der Waals surface area contributed by atoms with Gasteiger partial charge in [-0.2, -0.15) is 0 Å². The van der Waals surface area contributed by atoms with Crippen molar-refractivity contribution >= 4 is 19.1 Å². The zero-order chi connectivity index (χ0) is 18.8. The first-order valence-corrected chi connectivity index (χ1v) is 12.7. The van der Waals surface area contributed by atoms with Gasteiger partial charge in [-0.3, -0.25) is 0 Å². The fraction of sp³-hybridized carbons (Fsp3) is 0.632. The summed E-state index contributed by atoms with van der Waals surface area (Å²) in [5.41, 5.74) is 1.01. The van der Waals surface area contributed by atoms with Crippen LogP contribution in [0.2, 0.25) is 25.7 Å². The lowest BCUT2D eigenvalue weighted by Crippen LogP contribution is -2.23. The Bertz CT molecular complexity index is 730. The van der Waals surface area contributed by atoms with Crippen LogP contribution in [0.4, 0.5) is 4.39 Å². The SMILES string of the molecule is CCc1nc2c(OC(C)(C)C)cc(F)cc2n1COCC[Si](C)(C)C. The van der Waals surface area contributed by atoms with Crippen LogP contribution in [-0.4, -0.2) is 29.8 Å². The smallest absolute Gasteiger partial charge is 0.150 e. The van der Waals surface area contributed by atoms with Crippen molar-refractivity contribution in [3.05, 3.63) is 23.8 Å². The fourth-order valence-corrected chi connectivity index (χ4v) is 3.32. The maximum absolute atomic E-state index is 14.2. The van der Waals surface area contributed by atoms with Crippen LogP contribution in [0, 0.1) is 5.82 Å². The lowest BCUT2D eigenvalue weighted by atomic mass is 10.2. The molecular weight excluding hydrogens is 335 g/mol. The molecule has 4 nitrogen and oxygen atoms in total. The summed E-state index contributed by atoms with van der Waals surface area (Å²) in [6, 6.07) is 4.03. The quantitative estimate of drug-likeness (QED) is 0.497. The number of halogens is 1. The van der Waals surface area contributed by atoms with Gasteiger partial charge in [-0.15, -0.1) is 0 Å². The molecule has 6 heteroatoms. The monoisotopic (exact) mass is 366 g/mol. The minimum Gasteiger partial charge on any atom is -0.486 e. The first kappa shape index (κ1) is 19.9. The van der Waals surface area contributed by atoms with Crippen molar-refractivity contribution in [1.82, 2.24) is 9.55 Å². The molecule has 0 saturated carbocycles. The molecule has 0 bridgehead atoms. The lowest BCUT2D eigenvalue weighted by molar-refractivity contribution is 0.0880. The van der Waals surface area contributed by atoms with Gasteiger partial charge in [-0.1, -0.05) is 26.6 Å². The van der Waals surface area contributed by atoms with E-state index in [0.717, 1.165) is 30.4 Å². The predicted molar refractivity (Wildman–Crippen MR) is 104 cm³/mol. The van der Waals surface area contributed by atoms with Gasteiger partial charge in [0.25, 0.3) is 0 Å². The van der Waals surface area contributed by atoms with Gasteiger partial charge in [0.15, 0.2) is 5.75 Å². The maximum Gasteiger partial charge on any atom is 0.150 e. The molecule has 0 aliphatic rings. The van der Waals surface area contributed by atoms with Crippen molar-refractivity contribution < 1.29 is 13.9 Å². The van der Waals surface area contributed by atoms with E-state index in [9.17, 15) is 4.39 Å². The highest BCUT2D eigenvalue weighted by Gasteiger charge is 2.20. The van der Waals surface area contributed by atoms with E-state index in [1.165, 1.54) is 12.1 Å². The Kier molecular flexibility index (Phi) is 5.94. The van der Waals surface area contributed by atoms with Crippen LogP contribution in [0.3, 0.4) is 0 Å². The molecule has 1 heterocycles. The molecule has 0 unspecified atom stereocenters. The first-order chi connectivity index (χ1) is 11.5. The van der Waals surface area contributed by atoms with E-state index in [0.29, 0.717) is 18.0 Å². The van der Waals surface area contributed by atoms with E-state index in [1.54, 1.807) is 0 Å². The standard InChI is InChI=1S/C19H31FN2O2Si/c1-8-17-21-18-15(22(17)13-23-9-10-25(5,6)7)11-14(20)12-16(18)24-19(2,3)4/h11-12H,8-10,13H2,1-7H3. The first-order valence-electron chi connectivity index (χ1n) is 8.95. The van der Waals surface area contributed by atoms with Crippen molar-refractivity contribution in [2.75, 3.05) is 6.61 Å². The van der Waals surface area contributed by atoms with Crippen molar-refractivity contribution in [2.24, 2.45) is 0 Å². The van der Waals surface area contributed by atoms with Crippen LogP contribution in [0.15, 0.2) is 12.1 Å². The number of aromatic nitrogens is 2. The summed E-state index contributed by atoms with van der Waals surface area (Å²) in [5.74, 6) is 1.04. The van der Waals surface area contributed by atoms with E-state index in [2.05, 4.69) is 24.6 Å². The third kappa shape index (κ3) is 5.54. The molecule has 1 aromatic heterocycles. The van der Waals surface area contributed by atoms with Crippen LogP contribution in [-0.2, 0) is 17.9 Å². The molecule has 0 amide bonds. The Morgan fingerprint density at radius 3 is 2.44 bits per heavy atom. The number of aryl methyl sites for hydroxylation is 1. The Morgan fingerprint density at radius 1 is 1.20 bits per heavy atom. The van der Waals surface area contributed by atoms with Gasteiger partial charge in [0.2, 0.25) is 0 Å². The van der Waals surface area contributed by atoms with E-state index in [4.69, 9.17) is 9.47 Å². The van der Waals surface area contributed by atoms with E-state index in [-0.39, 0.29) is 5.82 Å². The summed E-state index contributed by atoms with van der Waals surface area (Å²) in [5, 5.41) is 0. The molecule has 0 radical (unpaired) electrons. The highest BCUT2D eigenvalue weighted by molar-refractivity contribution is 6.76. The number of benzene rings is 1. The largest absolute Gasteiger partial charge is 0.486 e. The Morgan fingerprint density at radius 2 is 1.88 bits per heavy atom. The van der Waals surface area contributed by atoms with Gasteiger partial charge in [0.1, 0.15) is 29.5 Å². The number of hydrogen-bond acceptors (Lipinski definition) is 3. The molecule has 0 aliphatic carbocycles. The summed E-state index contributed by atoms with van der Waals surface area (Å²) in [4.78, 5) is 4.68. The van der Waals surface area contributed by atoms with Gasteiger partial charge < -0.3 is 14.0 Å². The molecule has 1 aromatic carbocycles. The molecule has 140 valence electrons. The van der Waals surface area contributed by atoms with Crippen LogP contribution in [0.1, 0.15) is 33.5 Å². The van der Waals surface area contributed by atoms with Crippen molar-refractivity contribution in [3.63, 3.8) is 0 Å². The van der Waals surface area contributed by atoms with Gasteiger partial charge in [0, 0.05) is 33.2 Å². The van der Waals surface area contributed by atoms with E-state index in [1.807, 2.05) is 32.3 Å². The number of hydrogen-bond donors (Lipinski definition) is 0. The molecule has 0 aliphatic heterocycles. The van der Waals surface area contributed by atoms with Crippen LogP contribution in [0.25, 0.3) is 11.0 Å². The van der Waals surface area contributed by atoms with Crippen LogP contribution in [0.5, 0.6) is 5.75 Å². The fourth-order valence-electron chi connectivity index (χ4n) is 2.56. The zero-order valence-electron chi connectivity index (χ0n) is 16.6. The minimum atomic E-state index is -1.13. The number of rotatable bonds is 7. The highest BCUT2D eigenvalue weighted by Crippen LogP contribution is 2.30. The van der Waals surface area contributed by atoms with Gasteiger partial charge in [-0.05, 0) is 26.8 Å². The second kappa shape index (κ2) is 7.46. The number of ether oxygens (including phenoxy) is 2. The lowest BCUT2D eigenvalue weighted by Gasteiger charge is -2.21. The number of fused-ring (bicyclic) bond motifs is 1. The molecule has 0 spiro atoms. The van der Waals surface area contributed by atoms with Gasteiger partial charge in [0.05, 0.1) is 5.52 Å². The molecule has 0 N–H and O–H groups in total. The average Bonchev–Trinajstić information content (AvgIpc) is 2.79. The molecule has 2 rings (SSSR count). The average molecular weight is 367 g/mol. The molecule has 0 saturated heterocycles. The summed E-state index contributed by atoms with van der Waals surface area (Å²) in [6.07, 6.45) is 0.753. The minimum absolute atomic E-state index is 0.322. The Labute approximate surface area is 151 Å². The molecule has 25 heavy (non-hydrogen) atoms. The summed E-state index contributed by atoms with van der Waals surface area (Å²) in [7, 11) is -1.13. The number of imidazole rings is 1. The van der Waals surface area contributed by atoms with Gasteiger partial charge in [-0.25, -0.2) is 9.37 Å². The summed E-state index contributed by atoms with van der Waals surface area (Å²) < 4.78 is 27.9. The normalized spacial score (nSPS) is 12.8. The van der Waals surface area contributed by atoms with Crippen LogP contribution < -0.4 is 4.74 Å². The Hall–Kier alpha value is -1.40. The summed E-state index contributed by atoms with van der Waals surface area (Å²) in [6.45, 7) is 16.0. The molecule has 2 aromatic rings. The zero-order valence-corrected chi connectivity index (χ0v) is 17.6. The summed E-state index contributed by atoms with van der Waals surface area (Å²) >= 11 is 0. The third-order valence-corrected chi connectivity index (χ3v) is 5.52. The second-order valence-corrected chi connectivity index (χ2v) is 14.3. The van der Waals surface area contributed by atoms with Crippen molar-refractivity contribution in [1.29, 1.82) is 0 Å². The van der Waals surface area contributed by atoms with Crippen molar-refractivity contribution in [2.45, 2.75) is 72.1 Å². The molecular formula is C19H31FN2O2Si. The Balaban J connectivity index is 2.33. The third-order valence-electron chi connectivity index (χ3n) is 3.81.